The lowest BCUT2D eigenvalue weighted by Gasteiger charge is -2.17. The molecule has 0 spiro atoms. The fourth-order valence-corrected chi connectivity index (χ4v) is 5.54. The number of amides is 2. The SMILES string of the molecule is COC(=O)Nc1ccc(-c2cc(C(Cc3csc(C(C)C)n3)NC(=O)/C=C/c3cc(Cl)ccc3-n3cnnn3)nnc2Cl)cc1. The third kappa shape index (κ3) is 8.06. The molecule has 0 bridgehead atoms. The lowest BCUT2D eigenvalue weighted by molar-refractivity contribution is -0.117. The number of ether oxygens (including phenoxy) is 1. The molecule has 1 atom stereocenters. The predicted octanol–water partition coefficient (Wildman–Crippen LogP) is 6.30. The van der Waals surface area contributed by atoms with Gasteiger partial charge in [-0.25, -0.2) is 9.78 Å². The first-order valence-electron chi connectivity index (χ1n) is 13.6. The number of nitrogens with zero attached hydrogens (tertiary/aromatic N) is 7. The monoisotopic (exact) mass is 663 g/mol. The molecule has 0 saturated heterocycles. The summed E-state index contributed by atoms with van der Waals surface area (Å²) in [6, 6.07) is 13.4. The highest BCUT2D eigenvalue weighted by atomic mass is 35.5. The van der Waals surface area contributed by atoms with Crippen LogP contribution in [0.15, 0.2) is 66.3 Å². The van der Waals surface area contributed by atoms with Crippen LogP contribution >= 0.6 is 34.5 Å². The van der Waals surface area contributed by atoms with Crippen molar-refractivity contribution in [1.29, 1.82) is 0 Å². The fraction of sp³-hybridized carbons (Fsp3) is 0.200. The molecule has 0 aliphatic carbocycles. The van der Waals surface area contributed by atoms with Crippen molar-refractivity contribution in [3.8, 4) is 16.8 Å². The van der Waals surface area contributed by atoms with Crippen LogP contribution in [0.2, 0.25) is 10.2 Å². The standard InChI is InChI=1S/C30H27Cl2N9O3S/c1-17(2)29-34-22(15-45-29)13-24(36-27(42)11-6-19-12-20(31)7-10-26(19)41-16-33-39-40-41)25-14-23(28(32)38-37-25)18-4-8-21(9-5-18)35-30(43)44-3/h4-12,14-17,24H,13H2,1-3H3,(H,35,43)(H,36,42)/b11-6+. The smallest absolute Gasteiger partial charge is 0.411 e. The molecule has 0 fully saturated rings. The Bertz CT molecular complexity index is 1830. The second kappa shape index (κ2) is 14.4. The maximum absolute atomic E-state index is 13.3. The Labute approximate surface area is 272 Å². The van der Waals surface area contributed by atoms with E-state index in [-0.39, 0.29) is 17.0 Å². The van der Waals surface area contributed by atoms with Gasteiger partial charge in [0.15, 0.2) is 5.15 Å². The number of rotatable bonds is 10. The second-order valence-corrected chi connectivity index (χ2v) is 11.7. The number of methoxy groups -OCH3 is 1. The average Bonchev–Trinajstić information content (AvgIpc) is 3.74. The molecule has 0 saturated carbocycles. The molecule has 45 heavy (non-hydrogen) atoms. The van der Waals surface area contributed by atoms with E-state index in [0.29, 0.717) is 39.6 Å². The van der Waals surface area contributed by atoms with E-state index >= 15 is 0 Å². The summed E-state index contributed by atoms with van der Waals surface area (Å²) in [6.07, 6.45) is 4.29. The van der Waals surface area contributed by atoms with Crippen molar-refractivity contribution < 1.29 is 14.3 Å². The molecule has 0 aliphatic heterocycles. The predicted molar refractivity (Wildman–Crippen MR) is 172 cm³/mol. The van der Waals surface area contributed by atoms with Gasteiger partial charge in [0.25, 0.3) is 0 Å². The number of carbonyl (C=O) groups excluding carboxylic acids is 2. The van der Waals surface area contributed by atoms with Crippen LogP contribution in [-0.2, 0) is 16.0 Å². The molecule has 0 aliphatic rings. The Morgan fingerprint density at radius 3 is 2.58 bits per heavy atom. The summed E-state index contributed by atoms with van der Waals surface area (Å²) in [7, 11) is 1.29. The first kappa shape index (κ1) is 31.7. The lowest BCUT2D eigenvalue weighted by atomic mass is 10.0. The topological polar surface area (TPSA) is 150 Å². The quantitative estimate of drug-likeness (QED) is 0.164. The van der Waals surface area contributed by atoms with Crippen LogP contribution in [-0.4, -0.2) is 54.5 Å². The van der Waals surface area contributed by atoms with Crippen LogP contribution in [0.1, 0.15) is 47.8 Å². The molecule has 15 heteroatoms. The summed E-state index contributed by atoms with van der Waals surface area (Å²) in [5.41, 5.74) is 4.48. The molecule has 230 valence electrons. The van der Waals surface area contributed by atoms with Crippen molar-refractivity contribution in [1.82, 2.24) is 40.7 Å². The van der Waals surface area contributed by atoms with E-state index in [4.69, 9.17) is 28.2 Å². The Morgan fingerprint density at radius 2 is 1.89 bits per heavy atom. The van der Waals surface area contributed by atoms with E-state index in [1.807, 2.05) is 5.38 Å². The van der Waals surface area contributed by atoms with Crippen LogP contribution in [0.3, 0.4) is 0 Å². The van der Waals surface area contributed by atoms with Gasteiger partial charge >= 0.3 is 6.09 Å². The largest absolute Gasteiger partial charge is 0.453 e. The zero-order chi connectivity index (χ0) is 31.9. The van der Waals surface area contributed by atoms with Crippen LogP contribution in [0.25, 0.3) is 22.9 Å². The molecule has 1 unspecified atom stereocenters. The van der Waals surface area contributed by atoms with E-state index < -0.39 is 12.1 Å². The third-order valence-electron chi connectivity index (χ3n) is 6.55. The number of hydrogen-bond donors (Lipinski definition) is 2. The number of benzene rings is 2. The van der Waals surface area contributed by atoms with Crippen LogP contribution < -0.4 is 10.6 Å². The van der Waals surface area contributed by atoms with Crippen molar-refractivity contribution >= 4 is 58.3 Å². The Hall–Kier alpha value is -4.72. The van der Waals surface area contributed by atoms with Crippen molar-refractivity contribution in [2.45, 2.75) is 32.2 Å². The summed E-state index contributed by atoms with van der Waals surface area (Å²) in [4.78, 5) is 29.7. The highest BCUT2D eigenvalue weighted by Crippen LogP contribution is 2.30. The zero-order valence-electron chi connectivity index (χ0n) is 24.3. The van der Waals surface area contributed by atoms with Gasteiger partial charge in [-0.1, -0.05) is 49.2 Å². The zero-order valence-corrected chi connectivity index (χ0v) is 26.6. The number of thiazole rings is 1. The molecule has 5 aromatic rings. The van der Waals surface area contributed by atoms with E-state index in [9.17, 15) is 9.59 Å². The minimum Gasteiger partial charge on any atom is -0.453 e. The summed E-state index contributed by atoms with van der Waals surface area (Å²) in [5.74, 6) is -0.108. The van der Waals surface area contributed by atoms with Gasteiger partial charge in [-0.05, 0) is 58.5 Å². The fourth-order valence-electron chi connectivity index (χ4n) is 4.31. The molecular weight excluding hydrogens is 637 g/mol. The second-order valence-electron chi connectivity index (χ2n) is 10.1. The molecular formula is C30H27Cl2N9O3S. The number of nitrogens with one attached hydrogen (secondary N) is 2. The van der Waals surface area contributed by atoms with Gasteiger partial charge in [-0.3, -0.25) is 10.1 Å². The van der Waals surface area contributed by atoms with Gasteiger partial charge in [0.2, 0.25) is 5.91 Å². The van der Waals surface area contributed by atoms with Crippen LogP contribution in [0, 0.1) is 0 Å². The van der Waals surface area contributed by atoms with E-state index in [1.165, 1.54) is 24.2 Å². The molecule has 5 rings (SSSR count). The van der Waals surface area contributed by atoms with Gasteiger partial charge in [0.1, 0.15) is 6.33 Å². The first-order chi connectivity index (χ1) is 21.7. The van der Waals surface area contributed by atoms with E-state index in [1.54, 1.807) is 65.9 Å². The highest BCUT2D eigenvalue weighted by molar-refractivity contribution is 7.09. The molecule has 12 nitrogen and oxygen atoms in total. The summed E-state index contributed by atoms with van der Waals surface area (Å²) < 4.78 is 6.13. The van der Waals surface area contributed by atoms with Gasteiger partial charge < -0.3 is 10.1 Å². The minimum absolute atomic E-state index is 0.184. The van der Waals surface area contributed by atoms with Gasteiger partial charge in [-0.15, -0.1) is 21.5 Å². The molecule has 2 amide bonds. The van der Waals surface area contributed by atoms with Crippen molar-refractivity contribution in [2.75, 3.05) is 12.4 Å². The van der Waals surface area contributed by atoms with Crippen LogP contribution in [0.4, 0.5) is 10.5 Å². The summed E-state index contributed by atoms with van der Waals surface area (Å²) >= 11 is 14.3. The van der Waals surface area contributed by atoms with Gasteiger partial charge in [0.05, 0.1) is 35.2 Å². The van der Waals surface area contributed by atoms with Crippen LogP contribution in [0.5, 0.6) is 0 Å². The normalized spacial score (nSPS) is 12.0. The molecule has 2 aromatic carbocycles. The van der Waals surface area contributed by atoms with E-state index in [0.717, 1.165) is 16.3 Å². The van der Waals surface area contributed by atoms with Crippen molar-refractivity contribution in [3.63, 3.8) is 0 Å². The number of hydrogen-bond acceptors (Lipinski definition) is 10. The maximum Gasteiger partial charge on any atom is 0.411 e. The Kier molecular flexibility index (Phi) is 10.1. The van der Waals surface area contributed by atoms with Crippen molar-refractivity contribution in [2.24, 2.45) is 0 Å². The average molecular weight is 665 g/mol. The summed E-state index contributed by atoms with van der Waals surface area (Å²) in [5, 5.41) is 29.1. The number of aromatic nitrogens is 7. The van der Waals surface area contributed by atoms with E-state index in [2.05, 4.69) is 54.9 Å². The molecule has 0 radical (unpaired) electrons. The first-order valence-corrected chi connectivity index (χ1v) is 15.3. The van der Waals surface area contributed by atoms with Gasteiger partial charge in [0, 0.05) is 45.6 Å². The summed E-state index contributed by atoms with van der Waals surface area (Å²) in [6.45, 7) is 4.16. The number of halogens is 2. The lowest BCUT2D eigenvalue weighted by Crippen LogP contribution is -2.29. The highest BCUT2D eigenvalue weighted by Gasteiger charge is 2.21. The van der Waals surface area contributed by atoms with Crippen molar-refractivity contribution in [3.05, 3.63) is 98.4 Å². The molecule has 3 aromatic heterocycles. The Balaban J connectivity index is 1.43. The Morgan fingerprint density at radius 1 is 1.09 bits per heavy atom. The minimum atomic E-state index is -0.591. The number of tetrazole rings is 1. The number of carbonyl (C=O) groups is 2. The molecule has 3 heterocycles. The third-order valence-corrected chi connectivity index (χ3v) is 8.25. The molecule has 2 N–H and O–H groups in total. The number of anilines is 1. The maximum atomic E-state index is 13.3. The van der Waals surface area contributed by atoms with Gasteiger partial charge in [-0.2, -0.15) is 9.78 Å².